The Labute approximate surface area is 741 Å². The van der Waals surface area contributed by atoms with E-state index >= 15 is 13.2 Å². The molecule has 0 spiro atoms. The molecule has 9 aliphatic rings. The van der Waals surface area contributed by atoms with Gasteiger partial charge in [-0.2, -0.15) is 54.5 Å². The first-order chi connectivity index (χ1) is 61.2. The molecule has 6 aromatic carbocycles. The van der Waals surface area contributed by atoms with Crippen LogP contribution in [0.3, 0.4) is 0 Å². The molecular weight excluding hydrogens is 1780 g/mol. The van der Waals surface area contributed by atoms with Crippen LogP contribution in [0.2, 0.25) is 0 Å². The number of anilines is 3. The van der Waals surface area contributed by atoms with Crippen molar-refractivity contribution in [2.45, 2.75) is 129 Å². The van der Waals surface area contributed by atoms with E-state index in [9.17, 15) is 85.8 Å². The standard InChI is InChI=1S/C30H29F6N5O2S.C30H30F5N5O2S.C29H28F5N5O2S/c1-4-24(42)39-9-16(3)40(10-15(39)2)28-21-8-22(30(34,35)36)25(20-6-5-17(31)7-23(20)33)27-26(21)41(29(43)37-28)19(14-44-27)13-38-11-18(32)12-38;1-4-24(41)38-12-17(3)39(13-16(38)2)28-21-11-22(30(33,34)35)25(20-7-6-18(31)10-23(20)32)27-26(21)40(29(42)36-28)19(15-43-27)14-37-8-5-9-37;1-2-23(40)37-9-11-38(12-10-37)27-20-14-21(29(32,33)34)24(19-6-5-17(30)13-22(19)31)26-25(20)39(28(41)35-27)18(16-42-26)15-36-7-3-4-8-36/h4-8,15-16,18-19H,1,9-14H2,2-3H3;4,6-7,10-11,16-17,19H,1,5,8-9,12-15H2,2-3H3;2,5-6,13-14,18H,1,3-4,7-12,15-16H2/t15-,16+,19?;16-,17+,19?;/m11./s1. The number of alkyl halides is 10. The van der Waals surface area contributed by atoms with Gasteiger partial charge < -0.3 is 39.2 Å². The molecule has 40 heteroatoms. The minimum atomic E-state index is -4.95. The summed E-state index contributed by atoms with van der Waals surface area (Å²) in [5.74, 6) is -6.05. The zero-order valence-corrected chi connectivity index (χ0v) is 72.5. The minimum Gasteiger partial charge on any atom is -0.352 e. The van der Waals surface area contributed by atoms with Crippen LogP contribution in [-0.2, 0) is 32.9 Å². The minimum absolute atomic E-state index is 0.0261. The second-order valence-corrected chi connectivity index (χ2v) is 36.8. The zero-order valence-electron chi connectivity index (χ0n) is 70.1. The van der Waals surface area contributed by atoms with Gasteiger partial charge in [0.15, 0.2) is 0 Å². The fourth-order valence-electron chi connectivity index (χ4n) is 18.9. The quantitative estimate of drug-likeness (QED) is 0.0696. The van der Waals surface area contributed by atoms with Crippen LogP contribution in [0, 0.1) is 34.9 Å². The van der Waals surface area contributed by atoms with E-state index in [1.807, 2.05) is 18.7 Å². The average Bonchev–Trinajstić information content (AvgIpc) is 0.900. The SMILES string of the molecule is C=CC(=O)N1CCN(c2nc(=O)n3c4c(c(-c5ccc(F)cc5F)c(C(F)(F)F)cc24)SCC3CN2CCCC2)CC1.C=CC(=O)N1C[C@H](C)N(c2nc(=O)n3c4c(c(-c5ccc(F)cc5F)c(C(F)(F)F)cc24)SCC3CN2CC(F)C2)C[C@H]1C.C=CC(=O)N1C[C@H](C)N(c2nc(=O)n3c4c(c(-c5ccc(F)cc5F)c(C(F)(F)F)cc24)SCC3CN2CCC2)C[C@H]1C. The Kier molecular flexibility index (Phi) is 25.7. The second-order valence-electron chi connectivity index (χ2n) is 33.7. The number of nitrogens with zero attached hydrogens (tertiary/aromatic N) is 15. The van der Waals surface area contributed by atoms with Gasteiger partial charge in [0.2, 0.25) is 17.7 Å². The maximum atomic E-state index is 15.2. The van der Waals surface area contributed by atoms with E-state index in [4.69, 9.17) is 0 Å². The Balaban J connectivity index is 0.000000142. The fourth-order valence-corrected chi connectivity index (χ4v) is 22.9. The number of likely N-dealkylation sites (tertiary alicyclic amines) is 3. The monoisotopic (exact) mass is 1860 g/mol. The maximum absolute atomic E-state index is 15.2. The molecule has 9 aliphatic heterocycles. The van der Waals surface area contributed by atoms with Gasteiger partial charge in [-0.25, -0.2) is 45.1 Å². The van der Waals surface area contributed by atoms with Crippen molar-refractivity contribution in [2.75, 3.05) is 143 Å². The smallest absolute Gasteiger partial charge is 0.352 e. The zero-order chi connectivity index (χ0) is 92.2. The summed E-state index contributed by atoms with van der Waals surface area (Å²) in [5.41, 5.74) is -7.09. The Morgan fingerprint density at radius 1 is 0.411 bits per heavy atom. The average molecular weight is 1860 g/mol. The van der Waals surface area contributed by atoms with Crippen molar-refractivity contribution in [3.63, 3.8) is 0 Å². The largest absolute Gasteiger partial charge is 0.417 e. The first kappa shape index (κ1) is 91.9. The highest BCUT2D eigenvalue weighted by Crippen LogP contribution is 2.55. The van der Waals surface area contributed by atoms with Gasteiger partial charge in [-0.15, -0.1) is 35.3 Å². The van der Waals surface area contributed by atoms with Crippen LogP contribution >= 0.6 is 35.3 Å². The van der Waals surface area contributed by atoms with E-state index in [1.165, 1.54) is 31.9 Å². The molecule has 0 aliphatic carbocycles. The van der Waals surface area contributed by atoms with Crippen molar-refractivity contribution in [1.82, 2.24) is 58.1 Å². The number of carbonyl (C=O) groups excluding carboxylic acids is 3. The summed E-state index contributed by atoms with van der Waals surface area (Å²) in [4.78, 5) is 108. The van der Waals surface area contributed by atoms with Crippen molar-refractivity contribution in [1.29, 1.82) is 0 Å². The van der Waals surface area contributed by atoms with E-state index in [0.717, 1.165) is 135 Å². The number of halogens is 16. The normalized spacial score (nSPS) is 21.6. The van der Waals surface area contributed by atoms with Crippen LogP contribution in [0.1, 0.15) is 81.8 Å². The first-order valence-electron chi connectivity index (χ1n) is 42.0. The third-order valence-electron chi connectivity index (χ3n) is 25.3. The van der Waals surface area contributed by atoms with Gasteiger partial charge in [0, 0.05) is 209 Å². The topological polar surface area (TPSA) is 185 Å². The number of piperazine rings is 3. The van der Waals surface area contributed by atoms with Crippen molar-refractivity contribution in [2.24, 2.45) is 0 Å². The fraction of sp³-hybridized carbons (Fsp3) is 0.427. The summed E-state index contributed by atoms with van der Waals surface area (Å²) < 4.78 is 238. The summed E-state index contributed by atoms with van der Waals surface area (Å²) in [6.07, 6.45) is -9.04. The van der Waals surface area contributed by atoms with Gasteiger partial charge in [0.05, 0.1) is 51.4 Å². The Morgan fingerprint density at radius 2 is 0.736 bits per heavy atom. The van der Waals surface area contributed by atoms with Crippen LogP contribution in [0.4, 0.5) is 87.7 Å². The van der Waals surface area contributed by atoms with Gasteiger partial charge in [-0.05, 0) is 146 Å². The van der Waals surface area contributed by atoms with Crippen LogP contribution < -0.4 is 31.8 Å². The lowest BCUT2D eigenvalue weighted by molar-refractivity contribution is -0.138. The summed E-state index contributed by atoms with van der Waals surface area (Å²) in [6, 6.07) is 7.35. The third-order valence-corrected chi connectivity index (χ3v) is 29.0. The predicted octanol–water partition coefficient (Wildman–Crippen LogP) is 15.5. The number of rotatable bonds is 15. The summed E-state index contributed by atoms with van der Waals surface area (Å²) in [6.45, 7) is 24.9. The number of hydrogen-bond acceptors (Lipinski definition) is 18. The third kappa shape index (κ3) is 17.6. The molecule has 18 rings (SSSR count). The molecule has 3 unspecified atom stereocenters. The van der Waals surface area contributed by atoms with Gasteiger partial charge in [0.25, 0.3) is 0 Å². The van der Waals surface area contributed by atoms with Gasteiger partial charge >= 0.3 is 35.6 Å². The molecule has 6 fully saturated rings. The van der Waals surface area contributed by atoms with Crippen molar-refractivity contribution < 1.29 is 84.6 Å². The van der Waals surface area contributed by atoms with Crippen molar-refractivity contribution in [3.8, 4) is 33.4 Å². The highest BCUT2D eigenvalue weighted by atomic mass is 32.2. The summed E-state index contributed by atoms with van der Waals surface area (Å²) >= 11 is 3.35. The van der Waals surface area contributed by atoms with Crippen LogP contribution in [0.25, 0.3) is 66.1 Å². The number of aromatic nitrogens is 6. The molecule has 9 aromatic rings. The molecule has 0 radical (unpaired) electrons. The van der Waals surface area contributed by atoms with Gasteiger partial charge in [-0.3, -0.25) is 33.0 Å². The van der Waals surface area contributed by atoms with E-state index < -0.39 is 133 Å². The lowest BCUT2D eigenvalue weighted by atomic mass is 9.95. The molecule has 0 bridgehead atoms. The second kappa shape index (κ2) is 36.0. The molecule has 684 valence electrons. The highest BCUT2D eigenvalue weighted by molar-refractivity contribution is 8.00. The van der Waals surface area contributed by atoms with Crippen LogP contribution in [0.15, 0.2) is 140 Å². The first-order valence-corrected chi connectivity index (χ1v) is 44.9. The maximum Gasteiger partial charge on any atom is 0.417 e. The number of benzene rings is 6. The van der Waals surface area contributed by atoms with Crippen LogP contribution in [0.5, 0.6) is 0 Å². The molecule has 6 saturated heterocycles. The molecule has 0 N–H and O–H groups in total. The molecule has 129 heavy (non-hydrogen) atoms. The van der Waals surface area contributed by atoms with E-state index in [2.05, 4.69) is 44.5 Å². The van der Waals surface area contributed by atoms with Crippen LogP contribution in [-0.4, -0.2) is 235 Å². The number of amides is 3. The van der Waals surface area contributed by atoms with E-state index in [0.29, 0.717) is 37.0 Å². The Bertz CT molecular complexity index is 6210. The van der Waals surface area contributed by atoms with Crippen molar-refractivity contribution in [3.05, 3.63) is 194 Å². The number of hydrogen-bond donors (Lipinski definition) is 0. The number of carbonyl (C=O) groups is 3. The van der Waals surface area contributed by atoms with Gasteiger partial charge in [0.1, 0.15) is 58.5 Å². The lowest BCUT2D eigenvalue weighted by Crippen LogP contribution is -2.58. The highest BCUT2D eigenvalue weighted by Gasteiger charge is 2.47. The van der Waals surface area contributed by atoms with Gasteiger partial charge in [-0.1, -0.05) is 19.7 Å². The van der Waals surface area contributed by atoms with E-state index in [-0.39, 0.29) is 202 Å². The predicted molar refractivity (Wildman–Crippen MR) is 462 cm³/mol. The molecule has 21 nitrogen and oxygen atoms in total. The molecule has 0 saturated carbocycles. The summed E-state index contributed by atoms with van der Waals surface area (Å²) in [7, 11) is 0. The Morgan fingerprint density at radius 3 is 1.05 bits per heavy atom. The van der Waals surface area contributed by atoms with E-state index in [1.54, 1.807) is 43.2 Å². The Hall–Kier alpha value is -10.4. The summed E-state index contributed by atoms with van der Waals surface area (Å²) in [5, 5.41) is 0.298. The molecule has 3 aromatic heterocycles. The molecule has 7 atom stereocenters. The number of thioether (sulfide) groups is 3. The molecule has 3 amide bonds. The van der Waals surface area contributed by atoms with Crippen molar-refractivity contribution >= 4 is 103 Å². The molecular formula is C89H87F16N15O6S3. The molecule has 12 heterocycles. The lowest BCUT2D eigenvalue weighted by Gasteiger charge is -2.45.